The number of amides is 1. The average molecular weight is 416 g/mol. The van der Waals surface area contributed by atoms with Crippen molar-refractivity contribution in [2.24, 2.45) is 0 Å². The van der Waals surface area contributed by atoms with Crippen molar-refractivity contribution in [2.75, 3.05) is 39.5 Å². The topological polar surface area (TPSA) is 72.9 Å². The van der Waals surface area contributed by atoms with Crippen LogP contribution in [-0.4, -0.2) is 67.1 Å². The number of nitrogens with one attached hydrogen (secondary N) is 1. The summed E-state index contributed by atoms with van der Waals surface area (Å²) in [6, 6.07) is 1.64. The molecule has 1 aromatic heterocycles. The van der Waals surface area contributed by atoms with Crippen LogP contribution in [0.3, 0.4) is 0 Å². The number of pyridine rings is 1. The maximum Gasteiger partial charge on any atom is 0.408 e. The Bertz CT molecular complexity index is 559. The minimum Gasteiger partial charge on any atom is -0.490 e. The molecule has 25 heavy (non-hydrogen) atoms. The lowest BCUT2D eigenvalue weighted by Crippen LogP contribution is -2.50. The fraction of sp³-hybridized carbons (Fsp3) is 0.647. The molecule has 7 nitrogen and oxygen atoms in total. The van der Waals surface area contributed by atoms with E-state index in [1.807, 2.05) is 26.8 Å². The van der Waals surface area contributed by atoms with Crippen LogP contribution in [0.5, 0.6) is 5.75 Å². The van der Waals surface area contributed by atoms with Gasteiger partial charge in [0.15, 0.2) is 0 Å². The minimum atomic E-state index is -0.539. The summed E-state index contributed by atoms with van der Waals surface area (Å²) in [6.07, 6.45) is 2.89. The summed E-state index contributed by atoms with van der Waals surface area (Å²) in [5, 5.41) is 2.90. The molecule has 8 heteroatoms. The molecule has 2 heterocycles. The van der Waals surface area contributed by atoms with Crippen LogP contribution in [0.4, 0.5) is 4.79 Å². The molecule has 2 rings (SSSR count). The Hall–Kier alpha value is -1.38. The number of rotatable bonds is 6. The van der Waals surface area contributed by atoms with Gasteiger partial charge in [0.1, 0.15) is 18.0 Å². The highest BCUT2D eigenvalue weighted by atomic mass is 79.9. The molecule has 0 bridgehead atoms. The molecule has 1 aromatic rings. The molecule has 0 saturated carbocycles. The number of nitrogens with zero attached hydrogens (tertiary/aromatic N) is 2. The standard InChI is InChI=1S/C17H26BrN3O4/c1-17(2,3)25-16(22)20-14(11-21-4-6-23-7-5-21)12-24-15-8-13(18)9-19-10-15/h8-10,14H,4-7,11-12H2,1-3H3,(H,20,22). The maximum absolute atomic E-state index is 12.1. The minimum absolute atomic E-state index is 0.202. The molecule has 1 fully saturated rings. The highest BCUT2D eigenvalue weighted by Crippen LogP contribution is 2.16. The molecular weight excluding hydrogens is 390 g/mol. The zero-order chi connectivity index (χ0) is 18.3. The molecule has 1 atom stereocenters. The van der Waals surface area contributed by atoms with Gasteiger partial charge in [-0.2, -0.15) is 0 Å². The molecule has 1 amide bonds. The maximum atomic E-state index is 12.1. The van der Waals surface area contributed by atoms with E-state index in [2.05, 4.69) is 31.1 Å². The van der Waals surface area contributed by atoms with E-state index in [4.69, 9.17) is 14.2 Å². The number of alkyl carbamates (subject to hydrolysis) is 1. The molecule has 140 valence electrons. The van der Waals surface area contributed by atoms with E-state index < -0.39 is 11.7 Å². The van der Waals surface area contributed by atoms with Crippen molar-refractivity contribution >= 4 is 22.0 Å². The Morgan fingerprint density at radius 2 is 2.12 bits per heavy atom. The molecular formula is C17H26BrN3O4. The third kappa shape index (κ3) is 8.02. The first-order valence-electron chi connectivity index (χ1n) is 8.35. The normalized spacial score (nSPS) is 17.0. The van der Waals surface area contributed by atoms with Gasteiger partial charge in [-0.3, -0.25) is 9.88 Å². The van der Waals surface area contributed by atoms with Crippen molar-refractivity contribution in [3.63, 3.8) is 0 Å². The van der Waals surface area contributed by atoms with Gasteiger partial charge in [0.25, 0.3) is 0 Å². The second kappa shape index (κ2) is 9.35. The Labute approximate surface area is 157 Å². The lowest BCUT2D eigenvalue weighted by molar-refractivity contribution is 0.0254. The predicted molar refractivity (Wildman–Crippen MR) is 97.8 cm³/mol. The summed E-state index contributed by atoms with van der Waals surface area (Å²) in [4.78, 5) is 18.4. The molecule has 1 aliphatic rings. The van der Waals surface area contributed by atoms with Crippen molar-refractivity contribution in [1.82, 2.24) is 15.2 Å². The lowest BCUT2D eigenvalue weighted by atomic mass is 10.2. The van der Waals surface area contributed by atoms with Gasteiger partial charge in [-0.1, -0.05) is 0 Å². The second-order valence-corrected chi connectivity index (χ2v) is 7.82. The zero-order valence-electron chi connectivity index (χ0n) is 15.0. The van der Waals surface area contributed by atoms with Crippen LogP contribution in [0.25, 0.3) is 0 Å². The lowest BCUT2D eigenvalue weighted by Gasteiger charge is -2.31. The molecule has 1 saturated heterocycles. The molecule has 1 N–H and O–H groups in total. The third-order valence-corrected chi connectivity index (χ3v) is 3.87. The van der Waals surface area contributed by atoms with Crippen molar-refractivity contribution < 1.29 is 19.0 Å². The summed E-state index contributed by atoms with van der Waals surface area (Å²) in [5.41, 5.74) is -0.539. The number of carbonyl (C=O) groups is 1. The SMILES string of the molecule is CC(C)(C)OC(=O)NC(COc1cncc(Br)c1)CN1CCOCC1. The van der Waals surface area contributed by atoms with Gasteiger partial charge in [0.05, 0.1) is 25.5 Å². The third-order valence-electron chi connectivity index (χ3n) is 3.43. The summed E-state index contributed by atoms with van der Waals surface area (Å²) >= 11 is 3.37. The van der Waals surface area contributed by atoms with Gasteiger partial charge in [0, 0.05) is 30.3 Å². The van der Waals surface area contributed by atoms with Gasteiger partial charge in [-0.25, -0.2) is 4.79 Å². The van der Waals surface area contributed by atoms with Gasteiger partial charge in [-0.05, 0) is 42.8 Å². The summed E-state index contributed by atoms with van der Waals surface area (Å²) in [5.74, 6) is 0.646. The fourth-order valence-electron chi connectivity index (χ4n) is 2.38. The number of aromatic nitrogens is 1. The van der Waals surface area contributed by atoms with Crippen molar-refractivity contribution in [1.29, 1.82) is 0 Å². The Kier molecular flexibility index (Phi) is 7.46. The van der Waals surface area contributed by atoms with Gasteiger partial charge < -0.3 is 19.5 Å². The Morgan fingerprint density at radius 3 is 2.76 bits per heavy atom. The van der Waals surface area contributed by atoms with Crippen molar-refractivity contribution in [3.05, 3.63) is 22.9 Å². The van der Waals surface area contributed by atoms with E-state index in [1.165, 1.54) is 0 Å². The van der Waals surface area contributed by atoms with Crippen LogP contribution in [-0.2, 0) is 9.47 Å². The number of carbonyl (C=O) groups excluding carboxylic acids is 1. The first kappa shape index (κ1) is 19.9. The Balaban J connectivity index is 1.93. The van der Waals surface area contributed by atoms with Crippen LogP contribution in [0.15, 0.2) is 22.9 Å². The number of morpholine rings is 1. The highest BCUT2D eigenvalue weighted by molar-refractivity contribution is 9.10. The fourth-order valence-corrected chi connectivity index (χ4v) is 2.72. The van der Waals surface area contributed by atoms with Gasteiger partial charge in [-0.15, -0.1) is 0 Å². The molecule has 0 aromatic carbocycles. The van der Waals surface area contributed by atoms with Crippen LogP contribution in [0, 0.1) is 0 Å². The monoisotopic (exact) mass is 415 g/mol. The van der Waals surface area contributed by atoms with E-state index in [9.17, 15) is 4.79 Å². The van der Waals surface area contributed by atoms with E-state index >= 15 is 0 Å². The first-order valence-corrected chi connectivity index (χ1v) is 9.14. The summed E-state index contributed by atoms with van der Waals surface area (Å²) in [6.45, 7) is 9.60. The summed E-state index contributed by atoms with van der Waals surface area (Å²) in [7, 11) is 0. The first-order chi connectivity index (χ1) is 11.8. The number of halogens is 1. The van der Waals surface area contributed by atoms with E-state index in [-0.39, 0.29) is 6.04 Å². The largest absolute Gasteiger partial charge is 0.490 e. The van der Waals surface area contributed by atoms with E-state index in [1.54, 1.807) is 12.4 Å². The van der Waals surface area contributed by atoms with Crippen LogP contribution >= 0.6 is 15.9 Å². The van der Waals surface area contributed by atoms with Crippen molar-refractivity contribution in [2.45, 2.75) is 32.4 Å². The smallest absolute Gasteiger partial charge is 0.408 e. The summed E-state index contributed by atoms with van der Waals surface area (Å²) < 4.78 is 17.4. The molecule has 1 unspecified atom stereocenters. The van der Waals surface area contributed by atoms with Gasteiger partial charge >= 0.3 is 6.09 Å². The number of ether oxygens (including phenoxy) is 3. The highest BCUT2D eigenvalue weighted by Gasteiger charge is 2.23. The Morgan fingerprint density at radius 1 is 1.40 bits per heavy atom. The van der Waals surface area contributed by atoms with Crippen LogP contribution < -0.4 is 10.1 Å². The van der Waals surface area contributed by atoms with Crippen molar-refractivity contribution in [3.8, 4) is 5.75 Å². The predicted octanol–water partition coefficient (Wildman–Crippen LogP) is 2.45. The van der Waals surface area contributed by atoms with Crippen LogP contribution in [0.1, 0.15) is 20.8 Å². The molecule has 0 spiro atoms. The van der Waals surface area contributed by atoms with E-state index in [0.29, 0.717) is 32.1 Å². The average Bonchev–Trinajstić information content (AvgIpc) is 2.52. The zero-order valence-corrected chi connectivity index (χ0v) is 16.5. The van der Waals surface area contributed by atoms with E-state index in [0.717, 1.165) is 17.6 Å². The van der Waals surface area contributed by atoms with Crippen LogP contribution in [0.2, 0.25) is 0 Å². The molecule has 1 aliphatic heterocycles. The molecule has 0 radical (unpaired) electrons. The quantitative estimate of drug-likeness (QED) is 0.768. The number of hydrogen-bond donors (Lipinski definition) is 1. The molecule has 0 aliphatic carbocycles. The van der Waals surface area contributed by atoms with Gasteiger partial charge in [0.2, 0.25) is 0 Å². The number of hydrogen-bond acceptors (Lipinski definition) is 6. The second-order valence-electron chi connectivity index (χ2n) is 6.91.